The minimum absolute atomic E-state index is 0.304. The van der Waals surface area contributed by atoms with Crippen LogP contribution in [0.15, 0.2) is 29.2 Å². The van der Waals surface area contributed by atoms with Crippen LogP contribution in [-0.4, -0.2) is 18.8 Å². The van der Waals surface area contributed by atoms with Crippen molar-refractivity contribution in [3.63, 3.8) is 0 Å². The van der Waals surface area contributed by atoms with Crippen LogP contribution < -0.4 is 0 Å². The van der Waals surface area contributed by atoms with Gasteiger partial charge in [0.2, 0.25) is 0 Å². The van der Waals surface area contributed by atoms with Gasteiger partial charge in [-0.05, 0) is 25.0 Å². The van der Waals surface area contributed by atoms with Gasteiger partial charge in [0.05, 0.1) is 5.94 Å². The number of hydrogen-bond donors (Lipinski definition) is 0. The topological polar surface area (TPSA) is 26.3 Å². The quantitative estimate of drug-likeness (QED) is 0.435. The fraction of sp³-hybridized carbons (Fsp3) is 0.417. The zero-order valence-electron chi connectivity index (χ0n) is 8.73. The molecule has 80 valence electrons. The van der Waals surface area contributed by atoms with E-state index in [4.69, 9.17) is 4.74 Å². The summed E-state index contributed by atoms with van der Waals surface area (Å²) >= 11 is 1.63. The van der Waals surface area contributed by atoms with Crippen LogP contribution in [0.3, 0.4) is 0 Å². The molecule has 1 saturated carbocycles. The second-order valence-corrected chi connectivity index (χ2v) is 4.71. The van der Waals surface area contributed by atoms with E-state index >= 15 is 0 Å². The van der Waals surface area contributed by atoms with Gasteiger partial charge in [-0.25, -0.2) is 0 Å². The van der Waals surface area contributed by atoms with Crippen molar-refractivity contribution in [1.82, 2.24) is 0 Å². The van der Waals surface area contributed by atoms with Crippen LogP contribution >= 0.6 is 11.8 Å². The highest BCUT2D eigenvalue weighted by Gasteiger charge is 2.30. The molecule has 1 aromatic carbocycles. The molecule has 0 N–H and O–H groups in total. The van der Waals surface area contributed by atoms with Crippen molar-refractivity contribution in [2.24, 2.45) is 5.92 Å². The first kappa shape index (κ1) is 10.7. The number of rotatable bonds is 5. The second kappa shape index (κ2) is 4.81. The van der Waals surface area contributed by atoms with E-state index in [0.717, 1.165) is 23.3 Å². The molecule has 1 aromatic rings. The summed E-state index contributed by atoms with van der Waals surface area (Å²) in [5.41, 5.74) is 0.847. The van der Waals surface area contributed by atoms with Crippen LogP contribution in [0.5, 0.6) is 0 Å². The fourth-order valence-corrected chi connectivity index (χ4v) is 2.01. The molecule has 15 heavy (non-hydrogen) atoms. The molecule has 0 aromatic heterocycles. The Bertz CT molecular complexity index is 341. The Balaban J connectivity index is 1.99. The van der Waals surface area contributed by atoms with Crippen molar-refractivity contribution in [3.05, 3.63) is 29.8 Å². The van der Waals surface area contributed by atoms with Crippen LogP contribution in [0.25, 0.3) is 0 Å². The van der Waals surface area contributed by atoms with Crippen molar-refractivity contribution < 1.29 is 9.53 Å². The van der Waals surface area contributed by atoms with Gasteiger partial charge in [0.15, 0.2) is 5.78 Å². The predicted molar refractivity (Wildman–Crippen MR) is 61.2 cm³/mol. The minimum Gasteiger partial charge on any atom is -0.374 e. The van der Waals surface area contributed by atoms with Crippen LogP contribution in [-0.2, 0) is 4.74 Å². The largest absolute Gasteiger partial charge is 0.374 e. The number of ether oxygens (including phenoxy) is 1. The Labute approximate surface area is 94.0 Å². The Morgan fingerprint density at radius 2 is 2.07 bits per heavy atom. The summed E-state index contributed by atoms with van der Waals surface area (Å²) < 4.78 is 4.97. The maximum absolute atomic E-state index is 11.7. The van der Waals surface area contributed by atoms with Crippen LogP contribution in [0.2, 0.25) is 0 Å². The molecule has 0 radical (unpaired) electrons. The molecule has 0 heterocycles. The van der Waals surface area contributed by atoms with E-state index in [1.54, 1.807) is 18.9 Å². The van der Waals surface area contributed by atoms with E-state index in [-0.39, 0.29) is 0 Å². The van der Waals surface area contributed by atoms with Gasteiger partial charge in [0.25, 0.3) is 0 Å². The van der Waals surface area contributed by atoms with Gasteiger partial charge in [0, 0.05) is 23.5 Å². The smallest absolute Gasteiger partial charge is 0.165 e. The Kier molecular flexibility index (Phi) is 3.44. The Morgan fingerprint density at radius 3 is 2.60 bits per heavy atom. The highest BCUT2D eigenvalue weighted by atomic mass is 32.2. The summed E-state index contributed by atoms with van der Waals surface area (Å²) in [6.45, 7) is 0. The molecular formula is C12H14O2S. The molecule has 0 unspecified atom stereocenters. The van der Waals surface area contributed by atoms with Gasteiger partial charge in [-0.1, -0.05) is 23.9 Å². The van der Waals surface area contributed by atoms with E-state index in [2.05, 4.69) is 0 Å². The van der Waals surface area contributed by atoms with Crippen molar-refractivity contribution in [2.75, 3.05) is 13.0 Å². The second-order valence-electron chi connectivity index (χ2n) is 3.71. The van der Waals surface area contributed by atoms with E-state index in [0.29, 0.717) is 17.6 Å². The number of hydrogen-bond acceptors (Lipinski definition) is 3. The molecule has 1 aliphatic carbocycles. The molecule has 0 amide bonds. The third-order valence-corrected chi connectivity index (χ3v) is 3.39. The lowest BCUT2D eigenvalue weighted by Gasteiger charge is -2.02. The van der Waals surface area contributed by atoms with Gasteiger partial charge >= 0.3 is 0 Å². The summed E-state index contributed by atoms with van der Waals surface area (Å²) in [6.07, 6.45) is 2.14. The zero-order valence-corrected chi connectivity index (χ0v) is 9.55. The standard InChI is InChI=1S/C12H14O2S/c1-14-8-15-11-6-4-10(5-7-11)12(13)9-2-3-9/h4-7,9H,2-3,8H2,1H3. The van der Waals surface area contributed by atoms with Gasteiger partial charge in [0.1, 0.15) is 0 Å². The van der Waals surface area contributed by atoms with Crippen LogP contribution in [0.1, 0.15) is 23.2 Å². The first-order chi connectivity index (χ1) is 7.31. The predicted octanol–water partition coefficient (Wildman–Crippen LogP) is 2.98. The molecule has 0 aliphatic heterocycles. The maximum atomic E-state index is 11.7. The summed E-state index contributed by atoms with van der Waals surface area (Å²) in [5.74, 6) is 1.26. The van der Waals surface area contributed by atoms with Crippen LogP contribution in [0.4, 0.5) is 0 Å². The van der Waals surface area contributed by atoms with Crippen molar-refractivity contribution in [3.8, 4) is 0 Å². The lowest BCUT2D eigenvalue weighted by Crippen LogP contribution is -2.00. The average molecular weight is 222 g/mol. The highest BCUT2D eigenvalue weighted by molar-refractivity contribution is 7.99. The number of carbonyl (C=O) groups is 1. The molecule has 0 spiro atoms. The van der Waals surface area contributed by atoms with Gasteiger partial charge in [-0.2, -0.15) is 0 Å². The molecule has 0 bridgehead atoms. The van der Waals surface area contributed by atoms with Crippen LogP contribution in [0, 0.1) is 5.92 Å². The normalized spacial score (nSPS) is 15.3. The first-order valence-electron chi connectivity index (χ1n) is 5.07. The van der Waals surface area contributed by atoms with E-state index < -0.39 is 0 Å². The molecule has 2 nitrogen and oxygen atoms in total. The van der Waals surface area contributed by atoms with Gasteiger partial charge in [-0.15, -0.1) is 0 Å². The Hall–Kier alpha value is -0.800. The molecule has 0 atom stereocenters. The number of methoxy groups -OCH3 is 1. The van der Waals surface area contributed by atoms with Crippen molar-refractivity contribution in [2.45, 2.75) is 17.7 Å². The summed E-state index contributed by atoms with van der Waals surface area (Å²) in [4.78, 5) is 12.8. The lowest BCUT2D eigenvalue weighted by atomic mass is 10.1. The van der Waals surface area contributed by atoms with E-state index in [1.165, 1.54) is 0 Å². The number of ketones is 1. The van der Waals surface area contributed by atoms with Crippen molar-refractivity contribution in [1.29, 1.82) is 0 Å². The van der Waals surface area contributed by atoms with Crippen molar-refractivity contribution >= 4 is 17.5 Å². The SMILES string of the molecule is COCSc1ccc(C(=O)C2CC2)cc1. The molecule has 1 fully saturated rings. The molecule has 0 saturated heterocycles. The number of thioether (sulfide) groups is 1. The number of benzene rings is 1. The van der Waals surface area contributed by atoms with Gasteiger partial charge in [-0.3, -0.25) is 4.79 Å². The Morgan fingerprint density at radius 1 is 1.40 bits per heavy atom. The first-order valence-corrected chi connectivity index (χ1v) is 6.06. The molecule has 1 aliphatic rings. The molecule has 2 rings (SSSR count). The highest BCUT2D eigenvalue weighted by Crippen LogP contribution is 2.32. The number of carbonyl (C=O) groups excluding carboxylic acids is 1. The number of Topliss-reactive ketones (excluding diaryl/α,β-unsaturated/α-hetero) is 1. The lowest BCUT2D eigenvalue weighted by molar-refractivity contribution is 0.0967. The third-order valence-electron chi connectivity index (χ3n) is 2.43. The third kappa shape index (κ3) is 2.83. The summed E-state index contributed by atoms with van der Waals surface area (Å²) in [5, 5.41) is 0. The minimum atomic E-state index is 0.304. The fourth-order valence-electron chi connectivity index (χ4n) is 1.42. The molecular weight excluding hydrogens is 208 g/mol. The summed E-state index contributed by atoms with van der Waals surface area (Å²) in [6, 6.07) is 7.80. The summed E-state index contributed by atoms with van der Waals surface area (Å²) in [7, 11) is 1.68. The average Bonchev–Trinajstić information content (AvgIpc) is 3.10. The zero-order chi connectivity index (χ0) is 10.7. The monoisotopic (exact) mass is 222 g/mol. The maximum Gasteiger partial charge on any atom is 0.165 e. The van der Waals surface area contributed by atoms with E-state index in [9.17, 15) is 4.79 Å². The molecule has 3 heteroatoms. The van der Waals surface area contributed by atoms with Gasteiger partial charge < -0.3 is 4.74 Å². The van der Waals surface area contributed by atoms with E-state index in [1.807, 2.05) is 24.3 Å².